The van der Waals surface area contributed by atoms with Crippen molar-refractivity contribution >= 4 is 39.1 Å². The van der Waals surface area contributed by atoms with E-state index in [1.165, 1.54) is 11.3 Å². The lowest BCUT2D eigenvalue weighted by atomic mass is 10.3. The molecule has 0 fully saturated rings. The SMILES string of the molecule is C#CCn1c(=NC(=O)c2ccn(C(C)C)n2)sc2cc(Cl)ccc21. The van der Waals surface area contributed by atoms with E-state index in [9.17, 15) is 4.79 Å². The Balaban J connectivity index is 2.09. The first-order chi connectivity index (χ1) is 11.5. The second kappa shape index (κ2) is 6.63. The summed E-state index contributed by atoms with van der Waals surface area (Å²) < 4.78 is 4.48. The Morgan fingerprint density at radius 1 is 1.46 bits per heavy atom. The summed E-state index contributed by atoms with van der Waals surface area (Å²) in [6, 6.07) is 7.36. The van der Waals surface area contributed by atoms with Crippen LogP contribution in [-0.4, -0.2) is 20.3 Å². The zero-order chi connectivity index (χ0) is 17.3. The molecule has 0 saturated heterocycles. The summed E-state index contributed by atoms with van der Waals surface area (Å²) in [5.74, 6) is 2.20. The highest BCUT2D eigenvalue weighted by atomic mass is 35.5. The second-order valence-corrected chi connectivity index (χ2v) is 6.92. The maximum Gasteiger partial charge on any atom is 0.300 e. The van der Waals surface area contributed by atoms with Crippen molar-refractivity contribution in [3.63, 3.8) is 0 Å². The van der Waals surface area contributed by atoms with E-state index in [0.29, 0.717) is 22.1 Å². The lowest BCUT2D eigenvalue weighted by Gasteiger charge is -2.02. The van der Waals surface area contributed by atoms with Gasteiger partial charge in [0.2, 0.25) is 0 Å². The number of carbonyl (C=O) groups excluding carboxylic acids is 1. The molecule has 2 heterocycles. The highest BCUT2D eigenvalue weighted by Gasteiger charge is 2.12. The van der Waals surface area contributed by atoms with E-state index in [-0.39, 0.29) is 6.04 Å². The van der Waals surface area contributed by atoms with Gasteiger partial charge < -0.3 is 4.57 Å². The molecular formula is C17H15ClN4OS. The molecule has 1 aromatic carbocycles. The molecule has 0 unspecified atom stereocenters. The van der Waals surface area contributed by atoms with E-state index in [1.807, 2.05) is 30.5 Å². The summed E-state index contributed by atoms with van der Waals surface area (Å²) in [7, 11) is 0. The van der Waals surface area contributed by atoms with Gasteiger partial charge in [-0.05, 0) is 38.1 Å². The molecular weight excluding hydrogens is 344 g/mol. The molecule has 7 heteroatoms. The Morgan fingerprint density at radius 3 is 2.92 bits per heavy atom. The molecule has 0 atom stereocenters. The molecule has 0 aliphatic rings. The van der Waals surface area contributed by atoms with Gasteiger partial charge in [-0.3, -0.25) is 9.48 Å². The summed E-state index contributed by atoms with van der Waals surface area (Å²) >= 11 is 7.41. The number of rotatable bonds is 3. The first-order valence-electron chi connectivity index (χ1n) is 7.36. The summed E-state index contributed by atoms with van der Waals surface area (Å²) in [6.07, 6.45) is 7.22. The van der Waals surface area contributed by atoms with Crippen LogP contribution in [-0.2, 0) is 6.54 Å². The molecule has 122 valence electrons. The van der Waals surface area contributed by atoms with Crippen LogP contribution in [0.5, 0.6) is 0 Å². The Bertz CT molecular complexity index is 1020. The van der Waals surface area contributed by atoms with Gasteiger partial charge in [0.1, 0.15) is 0 Å². The summed E-state index contributed by atoms with van der Waals surface area (Å²) in [5.41, 5.74) is 1.22. The van der Waals surface area contributed by atoms with Crippen molar-refractivity contribution in [3.05, 3.63) is 46.0 Å². The molecule has 3 rings (SSSR count). The van der Waals surface area contributed by atoms with Gasteiger partial charge in [0.25, 0.3) is 5.91 Å². The van der Waals surface area contributed by atoms with Crippen LogP contribution in [0.2, 0.25) is 5.02 Å². The lowest BCUT2D eigenvalue weighted by Crippen LogP contribution is -2.16. The Kier molecular flexibility index (Phi) is 4.56. The van der Waals surface area contributed by atoms with Crippen LogP contribution < -0.4 is 4.80 Å². The van der Waals surface area contributed by atoms with Crippen molar-refractivity contribution in [2.75, 3.05) is 0 Å². The number of amides is 1. The maximum absolute atomic E-state index is 12.4. The van der Waals surface area contributed by atoms with E-state index in [0.717, 1.165) is 10.2 Å². The highest BCUT2D eigenvalue weighted by molar-refractivity contribution is 7.16. The van der Waals surface area contributed by atoms with Crippen LogP contribution in [0.1, 0.15) is 30.4 Å². The number of aromatic nitrogens is 3. The van der Waals surface area contributed by atoms with Crippen molar-refractivity contribution in [3.8, 4) is 12.3 Å². The molecule has 2 aromatic heterocycles. The topological polar surface area (TPSA) is 52.2 Å². The van der Waals surface area contributed by atoms with Crippen molar-refractivity contribution in [2.24, 2.45) is 4.99 Å². The summed E-state index contributed by atoms with van der Waals surface area (Å²) in [5, 5.41) is 4.89. The van der Waals surface area contributed by atoms with Gasteiger partial charge in [0, 0.05) is 17.3 Å². The predicted molar refractivity (Wildman–Crippen MR) is 96.2 cm³/mol. The number of fused-ring (bicyclic) bond motifs is 1. The zero-order valence-corrected chi connectivity index (χ0v) is 14.8. The summed E-state index contributed by atoms with van der Waals surface area (Å²) in [6.45, 7) is 4.32. The number of hydrogen-bond acceptors (Lipinski definition) is 3. The predicted octanol–water partition coefficient (Wildman–Crippen LogP) is 3.51. The first kappa shape index (κ1) is 16.5. The van der Waals surface area contributed by atoms with Gasteiger partial charge in [-0.2, -0.15) is 10.1 Å². The van der Waals surface area contributed by atoms with E-state index in [2.05, 4.69) is 16.0 Å². The Hall–Kier alpha value is -2.36. The van der Waals surface area contributed by atoms with Gasteiger partial charge in [-0.25, -0.2) is 0 Å². The third-order valence-corrected chi connectivity index (χ3v) is 4.72. The third kappa shape index (κ3) is 3.14. The lowest BCUT2D eigenvalue weighted by molar-refractivity contribution is 0.0992. The van der Waals surface area contributed by atoms with Gasteiger partial charge in [-0.15, -0.1) is 6.42 Å². The molecule has 3 aromatic rings. The molecule has 0 radical (unpaired) electrons. The molecule has 5 nitrogen and oxygen atoms in total. The fourth-order valence-corrected chi connectivity index (χ4v) is 3.56. The van der Waals surface area contributed by atoms with E-state index >= 15 is 0 Å². The molecule has 0 saturated carbocycles. The molecule has 1 amide bonds. The molecule has 0 bridgehead atoms. The van der Waals surface area contributed by atoms with Gasteiger partial charge in [0.05, 0.1) is 16.8 Å². The molecule has 0 N–H and O–H groups in total. The van der Waals surface area contributed by atoms with Gasteiger partial charge in [0.15, 0.2) is 10.5 Å². The summed E-state index contributed by atoms with van der Waals surface area (Å²) in [4.78, 5) is 17.2. The van der Waals surface area contributed by atoms with Crippen LogP contribution in [0.25, 0.3) is 10.2 Å². The number of thiazole rings is 1. The maximum atomic E-state index is 12.4. The molecule has 0 aliphatic heterocycles. The average Bonchev–Trinajstić information content (AvgIpc) is 3.13. The number of halogens is 1. The van der Waals surface area contributed by atoms with Crippen molar-refractivity contribution < 1.29 is 4.79 Å². The monoisotopic (exact) mass is 358 g/mol. The third-order valence-electron chi connectivity index (χ3n) is 3.45. The quantitative estimate of drug-likeness (QED) is 0.673. The largest absolute Gasteiger partial charge is 0.305 e. The molecule has 24 heavy (non-hydrogen) atoms. The molecule has 0 aliphatic carbocycles. The Morgan fingerprint density at radius 2 is 2.25 bits per heavy atom. The first-order valence-corrected chi connectivity index (χ1v) is 8.55. The fourth-order valence-electron chi connectivity index (χ4n) is 2.26. The number of carbonyl (C=O) groups is 1. The Labute approximate surface area is 148 Å². The fraction of sp³-hybridized carbons (Fsp3) is 0.235. The van der Waals surface area contributed by atoms with Gasteiger partial charge in [-0.1, -0.05) is 28.9 Å². The molecule has 0 spiro atoms. The standard InChI is InChI=1S/C17H15ClN4OS/c1-4-8-21-14-6-5-12(18)10-15(14)24-17(21)19-16(23)13-7-9-22(20-13)11(2)3/h1,5-7,9-11H,8H2,2-3H3. The van der Waals surface area contributed by atoms with E-state index in [1.54, 1.807) is 23.0 Å². The van der Waals surface area contributed by atoms with Crippen LogP contribution in [0.15, 0.2) is 35.5 Å². The van der Waals surface area contributed by atoms with Crippen molar-refractivity contribution in [2.45, 2.75) is 26.4 Å². The zero-order valence-electron chi connectivity index (χ0n) is 13.2. The minimum atomic E-state index is -0.391. The van der Waals surface area contributed by atoms with Crippen LogP contribution in [0.3, 0.4) is 0 Å². The number of terminal acetylenes is 1. The van der Waals surface area contributed by atoms with Crippen molar-refractivity contribution in [1.82, 2.24) is 14.3 Å². The normalized spacial score (nSPS) is 12.0. The minimum Gasteiger partial charge on any atom is -0.305 e. The smallest absolute Gasteiger partial charge is 0.300 e. The second-order valence-electron chi connectivity index (χ2n) is 5.48. The van der Waals surface area contributed by atoms with Crippen molar-refractivity contribution in [1.29, 1.82) is 0 Å². The van der Waals surface area contributed by atoms with Crippen LogP contribution >= 0.6 is 22.9 Å². The number of hydrogen-bond donors (Lipinski definition) is 0. The van der Waals surface area contributed by atoms with E-state index < -0.39 is 5.91 Å². The van der Waals surface area contributed by atoms with Crippen LogP contribution in [0.4, 0.5) is 0 Å². The van der Waals surface area contributed by atoms with Gasteiger partial charge >= 0.3 is 0 Å². The van der Waals surface area contributed by atoms with E-state index in [4.69, 9.17) is 18.0 Å². The average molecular weight is 359 g/mol. The number of nitrogens with zero attached hydrogens (tertiary/aromatic N) is 4. The van der Waals surface area contributed by atoms with Crippen LogP contribution in [0, 0.1) is 12.3 Å². The number of benzene rings is 1. The highest BCUT2D eigenvalue weighted by Crippen LogP contribution is 2.21. The minimum absolute atomic E-state index is 0.185.